The third-order valence-corrected chi connectivity index (χ3v) is 5.61. The van der Waals surface area contributed by atoms with Crippen LogP contribution in [0.5, 0.6) is 0 Å². The van der Waals surface area contributed by atoms with E-state index in [1.807, 2.05) is 6.07 Å². The first kappa shape index (κ1) is 16.1. The average molecular weight is 354 g/mol. The van der Waals surface area contributed by atoms with Crippen molar-refractivity contribution in [3.05, 3.63) is 30.1 Å². The number of rotatable bonds is 4. The first-order valence-electron chi connectivity index (χ1n) is 8.71. The molecule has 0 unspecified atom stereocenters. The van der Waals surface area contributed by atoms with Crippen LogP contribution in [0.25, 0.3) is 10.2 Å². The minimum absolute atomic E-state index is 0.448. The molecule has 1 aromatic carbocycles. The summed E-state index contributed by atoms with van der Waals surface area (Å²) in [6, 6.07) is 6.64. The molecule has 0 saturated heterocycles. The van der Waals surface area contributed by atoms with Crippen LogP contribution in [0.4, 0.5) is 22.5 Å². The van der Waals surface area contributed by atoms with E-state index >= 15 is 0 Å². The van der Waals surface area contributed by atoms with E-state index in [1.54, 1.807) is 17.7 Å². The molecule has 3 aromatic rings. The second kappa shape index (κ2) is 6.84. The molecule has 1 saturated carbocycles. The van der Waals surface area contributed by atoms with Crippen LogP contribution >= 0.6 is 11.3 Å². The molecule has 1 aliphatic carbocycles. The van der Waals surface area contributed by atoms with Crippen molar-refractivity contribution in [3.8, 4) is 0 Å². The molecule has 0 atom stereocenters. The van der Waals surface area contributed by atoms with E-state index < -0.39 is 0 Å². The molecule has 0 spiro atoms. The summed E-state index contributed by atoms with van der Waals surface area (Å²) < 4.78 is 1.15. The van der Waals surface area contributed by atoms with Gasteiger partial charge in [0.15, 0.2) is 16.8 Å². The van der Waals surface area contributed by atoms with Crippen LogP contribution in [0.2, 0.25) is 0 Å². The molecule has 2 heterocycles. The summed E-state index contributed by atoms with van der Waals surface area (Å²) in [5.74, 6) is 1.31. The van der Waals surface area contributed by atoms with E-state index in [4.69, 9.17) is 5.73 Å². The van der Waals surface area contributed by atoms with Crippen molar-refractivity contribution in [3.63, 3.8) is 0 Å². The zero-order valence-electron chi connectivity index (χ0n) is 14.2. The Morgan fingerprint density at radius 2 is 1.92 bits per heavy atom. The minimum Gasteiger partial charge on any atom is -0.393 e. The fraction of sp³-hybridized carbons (Fsp3) is 0.389. The molecule has 4 rings (SSSR count). The number of hydrogen-bond donors (Lipinski definition) is 3. The van der Waals surface area contributed by atoms with Gasteiger partial charge in [0.1, 0.15) is 12.0 Å². The Bertz CT molecular complexity index is 884. The molecule has 25 heavy (non-hydrogen) atoms. The van der Waals surface area contributed by atoms with Gasteiger partial charge in [-0.1, -0.05) is 42.7 Å². The number of nitrogens with zero attached hydrogens (tertiary/aromatic N) is 3. The number of anilines is 4. The highest BCUT2D eigenvalue weighted by atomic mass is 32.1. The summed E-state index contributed by atoms with van der Waals surface area (Å²) in [7, 11) is 0. The van der Waals surface area contributed by atoms with Crippen molar-refractivity contribution in [2.75, 3.05) is 16.4 Å². The maximum atomic E-state index is 6.30. The molecule has 0 aliphatic heterocycles. The zero-order valence-corrected chi connectivity index (χ0v) is 15.1. The number of aryl methyl sites for hydroxylation is 1. The molecule has 0 amide bonds. The van der Waals surface area contributed by atoms with Crippen LogP contribution in [0, 0.1) is 6.92 Å². The van der Waals surface area contributed by atoms with Gasteiger partial charge in [0, 0.05) is 6.04 Å². The highest BCUT2D eigenvalue weighted by molar-refractivity contribution is 7.22. The van der Waals surface area contributed by atoms with Crippen molar-refractivity contribution in [1.29, 1.82) is 0 Å². The SMILES string of the molecule is Cc1cccc2sc(Nc3ncnc(NC4CCCCC4)c3N)nc12. The van der Waals surface area contributed by atoms with E-state index in [9.17, 15) is 0 Å². The highest BCUT2D eigenvalue weighted by Gasteiger charge is 2.17. The van der Waals surface area contributed by atoms with Crippen molar-refractivity contribution in [2.45, 2.75) is 45.1 Å². The summed E-state index contributed by atoms with van der Waals surface area (Å²) in [4.78, 5) is 13.3. The van der Waals surface area contributed by atoms with Crippen LogP contribution in [0.15, 0.2) is 24.5 Å². The second-order valence-corrected chi connectivity index (χ2v) is 7.56. The molecule has 130 valence electrons. The molecular formula is C18H22N6S. The quantitative estimate of drug-likeness (QED) is 0.641. The Morgan fingerprint density at radius 1 is 1.12 bits per heavy atom. The third kappa shape index (κ3) is 3.37. The summed E-state index contributed by atoms with van der Waals surface area (Å²) in [5, 5.41) is 7.53. The Balaban J connectivity index is 1.57. The van der Waals surface area contributed by atoms with Gasteiger partial charge in [0.2, 0.25) is 0 Å². The van der Waals surface area contributed by atoms with Gasteiger partial charge >= 0.3 is 0 Å². The third-order valence-electron chi connectivity index (χ3n) is 4.68. The van der Waals surface area contributed by atoms with E-state index in [1.165, 1.54) is 32.1 Å². The number of aromatic nitrogens is 3. The van der Waals surface area contributed by atoms with Gasteiger partial charge in [-0.15, -0.1) is 0 Å². The number of nitrogens with one attached hydrogen (secondary N) is 2. The Morgan fingerprint density at radius 3 is 2.72 bits per heavy atom. The summed E-state index contributed by atoms with van der Waals surface area (Å²) >= 11 is 1.60. The Labute approximate surface area is 150 Å². The van der Waals surface area contributed by atoms with Crippen molar-refractivity contribution >= 4 is 44.0 Å². The standard InChI is InChI=1S/C18H22N6S/c1-11-6-5-9-13-15(11)23-18(25-13)24-17-14(19)16(20-10-21-17)22-12-7-3-2-4-8-12/h5-6,9-10,12H,2-4,7-8,19H2,1H3,(H2,20,21,22,23,24). The molecule has 2 aromatic heterocycles. The molecule has 1 aliphatic rings. The molecule has 0 bridgehead atoms. The van der Waals surface area contributed by atoms with Gasteiger partial charge < -0.3 is 16.4 Å². The summed E-state index contributed by atoms with van der Waals surface area (Å²) in [5.41, 5.74) is 9.03. The summed E-state index contributed by atoms with van der Waals surface area (Å²) in [6.45, 7) is 2.07. The van der Waals surface area contributed by atoms with Crippen molar-refractivity contribution < 1.29 is 0 Å². The zero-order chi connectivity index (χ0) is 17.2. The van der Waals surface area contributed by atoms with Crippen LogP contribution in [-0.4, -0.2) is 21.0 Å². The lowest BCUT2D eigenvalue weighted by atomic mass is 9.95. The van der Waals surface area contributed by atoms with E-state index in [0.717, 1.165) is 20.9 Å². The number of fused-ring (bicyclic) bond motifs is 1. The van der Waals surface area contributed by atoms with Crippen LogP contribution in [-0.2, 0) is 0 Å². The molecule has 6 nitrogen and oxygen atoms in total. The van der Waals surface area contributed by atoms with Gasteiger partial charge in [0.05, 0.1) is 10.2 Å². The second-order valence-electron chi connectivity index (χ2n) is 6.53. The largest absolute Gasteiger partial charge is 0.393 e. The average Bonchev–Trinajstić information content (AvgIpc) is 3.03. The maximum Gasteiger partial charge on any atom is 0.189 e. The Hall–Kier alpha value is -2.41. The van der Waals surface area contributed by atoms with Crippen LogP contribution in [0.1, 0.15) is 37.7 Å². The fourth-order valence-corrected chi connectivity index (χ4v) is 4.23. The van der Waals surface area contributed by atoms with Crippen LogP contribution < -0.4 is 16.4 Å². The molecule has 7 heteroatoms. The number of thiazole rings is 1. The molecule has 4 N–H and O–H groups in total. The molecular weight excluding hydrogens is 332 g/mol. The predicted octanol–water partition coefficient (Wildman–Crippen LogP) is 4.47. The number of para-hydroxylation sites is 1. The van der Waals surface area contributed by atoms with Gasteiger partial charge in [0.25, 0.3) is 0 Å². The molecule has 1 fully saturated rings. The molecule has 0 radical (unpaired) electrons. The fourth-order valence-electron chi connectivity index (χ4n) is 3.29. The minimum atomic E-state index is 0.448. The monoisotopic (exact) mass is 354 g/mol. The topological polar surface area (TPSA) is 88.8 Å². The maximum absolute atomic E-state index is 6.30. The summed E-state index contributed by atoms with van der Waals surface area (Å²) in [6.07, 6.45) is 7.73. The van der Waals surface area contributed by atoms with E-state index in [0.29, 0.717) is 23.4 Å². The van der Waals surface area contributed by atoms with Gasteiger partial charge in [-0.3, -0.25) is 0 Å². The lowest BCUT2D eigenvalue weighted by Crippen LogP contribution is -2.23. The smallest absolute Gasteiger partial charge is 0.189 e. The van der Waals surface area contributed by atoms with E-state index in [2.05, 4.69) is 44.6 Å². The predicted molar refractivity (Wildman–Crippen MR) is 105 cm³/mol. The van der Waals surface area contributed by atoms with Gasteiger partial charge in [-0.05, 0) is 31.4 Å². The number of benzene rings is 1. The lowest BCUT2D eigenvalue weighted by molar-refractivity contribution is 0.462. The van der Waals surface area contributed by atoms with Gasteiger partial charge in [-0.2, -0.15) is 0 Å². The van der Waals surface area contributed by atoms with Gasteiger partial charge in [-0.25, -0.2) is 15.0 Å². The number of nitrogens with two attached hydrogens (primary N) is 1. The first-order valence-corrected chi connectivity index (χ1v) is 9.52. The van der Waals surface area contributed by atoms with E-state index in [-0.39, 0.29) is 0 Å². The highest BCUT2D eigenvalue weighted by Crippen LogP contribution is 2.33. The number of nitrogen functional groups attached to an aromatic ring is 1. The normalized spacial score (nSPS) is 15.4. The lowest BCUT2D eigenvalue weighted by Gasteiger charge is -2.24. The van der Waals surface area contributed by atoms with Crippen molar-refractivity contribution in [1.82, 2.24) is 15.0 Å². The number of hydrogen-bond acceptors (Lipinski definition) is 7. The van der Waals surface area contributed by atoms with Crippen LogP contribution in [0.3, 0.4) is 0 Å². The Kier molecular flexibility index (Phi) is 4.40. The van der Waals surface area contributed by atoms with Crippen molar-refractivity contribution in [2.24, 2.45) is 0 Å². The first-order chi connectivity index (χ1) is 12.2.